The number of nitrogen functional groups attached to an aromatic ring is 1. The fourth-order valence-corrected chi connectivity index (χ4v) is 2.14. The van der Waals surface area contributed by atoms with Crippen molar-refractivity contribution in [2.24, 2.45) is 0 Å². The van der Waals surface area contributed by atoms with Crippen LogP contribution < -0.4 is 10.5 Å². The second-order valence-corrected chi connectivity index (χ2v) is 5.46. The van der Waals surface area contributed by atoms with Gasteiger partial charge in [0.25, 0.3) is 0 Å². The van der Waals surface area contributed by atoms with E-state index in [-0.39, 0.29) is 6.61 Å². The highest BCUT2D eigenvalue weighted by Crippen LogP contribution is 2.23. The monoisotopic (exact) mass is 349 g/mol. The van der Waals surface area contributed by atoms with Crippen LogP contribution in [0.3, 0.4) is 0 Å². The Morgan fingerprint density at radius 1 is 1.24 bits per heavy atom. The van der Waals surface area contributed by atoms with Crippen molar-refractivity contribution in [1.82, 2.24) is 0 Å². The normalized spacial score (nSPS) is 10.2. The van der Waals surface area contributed by atoms with Crippen LogP contribution in [0.15, 0.2) is 40.9 Å². The molecule has 0 fully saturated rings. The molecule has 0 radical (unpaired) electrons. The number of methoxy groups -OCH3 is 1. The highest BCUT2D eigenvalue weighted by atomic mass is 79.9. The van der Waals surface area contributed by atoms with Crippen molar-refractivity contribution in [3.63, 3.8) is 0 Å². The van der Waals surface area contributed by atoms with Gasteiger partial charge in [-0.15, -0.1) is 0 Å². The number of anilines is 1. The molecule has 0 unspecified atom stereocenters. The molecule has 0 spiro atoms. The molecule has 5 heteroatoms. The van der Waals surface area contributed by atoms with Crippen LogP contribution in [0.5, 0.6) is 5.75 Å². The largest absolute Gasteiger partial charge is 0.497 e. The first kappa shape index (κ1) is 15.4. The van der Waals surface area contributed by atoms with Gasteiger partial charge in [0.15, 0.2) is 0 Å². The first-order valence-corrected chi connectivity index (χ1v) is 7.16. The van der Waals surface area contributed by atoms with E-state index in [0.29, 0.717) is 17.0 Å². The lowest BCUT2D eigenvalue weighted by Gasteiger charge is -2.09. The van der Waals surface area contributed by atoms with E-state index in [1.807, 2.05) is 25.1 Å². The summed E-state index contributed by atoms with van der Waals surface area (Å²) in [6.45, 7) is 2.04. The van der Waals surface area contributed by atoms with Crippen molar-refractivity contribution >= 4 is 27.6 Å². The molecule has 4 nitrogen and oxygen atoms in total. The third-order valence-electron chi connectivity index (χ3n) is 3.13. The molecule has 110 valence electrons. The number of hydrogen-bond donors (Lipinski definition) is 1. The maximum Gasteiger partial charge on any atom is 0.338 e. The Bertz CT molecular complexity index is 671. The molecule has 2 aromatic rings. The van der Waals surface area contributed by atoms with Gasteiger partial charge in [0.2, 0.25) is 0 Å². The number of rotatable bonds is 4. The van der Waals surface area contributed by atoms with Crippen molar-refractivity contribution in [1.29, 1.82) is 0 Å². The standard InChI is InChI=1S/C16H16BrNO3/c1-10-3-4-11(8-15(10)18)16(19)21-9-12-7-13(20-2)5-6-14(12)17/h3-8H,9,18H2,1-2H3. The molecule has 2 N–H and O–H groups in total. The fraction of sp³-hybridized carbons (Fsp3) is 0.188. The van der Waals surface area contributed by atoms with Gasteiger partial charge in [-0.2, -0.15) is 0 Å². The fourth-order valence-electron chi connectivity index (χ4n) is 1.78. The number of ether oxygens (including phenoxy) is 2. The molecule has 0 aliphatic rings. The van der Waals surface area contributed by atoms with Crippen molar-refractivity contribution in [2.45, 2.75) is 13.5 Å². The Kier molecular flexibility index (Phi) is 4.85. The molecule has 0 aliphatic heterocycles. The number of carbonyl (C=O) groups is 1. The highest BCUT2D eigenvalue weighted by molar-refractivity contribution is 9.10. The lowest BCUT2D eigenvalue weighted by Crippen LogP contribution is -2.06. The van der Waals surface area contributed by atoms with E-state index in [0.717, 1.165) is 15.6 Å². The summed E-state index contributed by atoms with van der Waals surface area (Å²) in [5.41, 5.74) is 8.58. The van der Waals surface area contributed by atoms with Crippen molar-refractivity contribution in [2.75, 3.05) is 12.8 Å². The smallest absolute Gasteiger partial charge is 0.338 e. The Morgan fingerprint density at radius 3 is 2.67 bits per heavy atom. The molecule has 0 aliphatic carbocycles. The molecule has 0 saturated heterocycles. The molecule has 2 rings (SSSR count). The second kappa shape index (κ2) is 6.63. The number of nitrogens with two attached hydrogens (primary N) is 1. The predicted octanol–water partition coefficient (Wildman–Crippen LogP) is 3.71. The van der Waals surface area contributed by atoms with Gasteiger partial charge < -0.3 is 15.2 Å². The molecule has 0 atom stereocenters. The van der Waals surface area contributed by atoms with Gasteiger partial charge in [0, 0.05) is 15.7 Å². The van der Waals surface area contributed by atoms with E-state index >= 15 is 0 Å². The minimum atomic E-state index is -0.406. The maximum absolute atomic E-state index is 12.0. The molecule has 2 aromatic carbocycles. The third-order valence-corrected chi connectivity index (χ3v) is 3.90. The van der Waals surface area contributed by atoms with Gasteiger partial charge in [-0.25, -0.2) is 4.79 Å². The molecule has 0 saturated carbocycles. The summed E-state index contributed by atoms with van der Waals surface area (Å²) in [5.74, 6) is 0.306. The average molecular weight is 350 g/mol. The van der Waals surface area contributed by atoms with Crippen LogP contribution in [0.2, 0.25) is 0 Å². The van der Waals surface area contributed by atoms with Gasteiger partial charge in [0.1, 0.15) is 12.4 Å². The Labute approximate surface area is 132 Å². The summed E-state index contributed by atoms with van der Waals surface area (Å²) in [4.78, 5) is 12.0. The number of benzene rings is 2. The van der Waals surface area contributed by atoms with Crippen LogP contribution in [0.4, 0.5) is 5.69 Å². The first-order chi connectivity index (χ1) is 10.0. The number of aryl methyl sites for hydroxylation is 1. The SMILES string of the molecule is COc1ccc(Br)c(COC(=O)c2ccc(C)c(N)c2)c1. The average Bonchev–Trinajstić information content (AvgIpc) is 2.49. The number of hydrogen-bond acceptors (Lipinski definition) is 4. The summed E-state index contributed by atoms with van der Waals surface area (Å²) >= 11 is 3.42. The van der Waals surface area contributed by atoms with Crippen LogP contribution in [0.25, 0.3) is 0 Å². The van der Waals surface area contributed by atoms with Gasteiger partial charge >= 0.3 is 5.97 Å². The summed E-state index contributed by atoms with van der Waals surface area (Å²) in [5, 5.41) is 0. The molecule has 0 bridgehead atoms. The zero-order chi connectivity index (χ0) is 15.4. The van der Waals surface area contributed by atoms with Crippen molar-refractivity contribution < 1.29 is 14.3 Å². The van der Waals surface area contributed by atoms with E-state index in [2.05, 4.69) is 15.9 Å². The van der Waals surface area contributed by atoms with Crippen LogP contribution in [-0.2, 0) is 11.3 Å². The van der Waals surface area contributed by atoms with E-state index in [4.69, 9.17) is 15.2 Å². The van der Waals surface area contributed by atoms with Gasteiger partial charge in [-0.3, -0.25) is 0 Å². The molecule has 21 heavy (non-hydrogen) atoms. The molecular weight excluding hydrogens is 334 g/mol. The van der Waals surface area contributed by atoms with E-state index in [1.165, 1.54) is 0 Å². The van der Waals surface area contributed by atoms with Gasteiger partial charge in [-0.05, 0) is 42.8 Å². The number of carbonyl (C=O) groups excluding carboxylic acids is 1. The molecular formula is C16H16BrNO3. The summed E-state index contributed by atoms with van der Waals surface area (Å²) in [6.07, 6.45) is 0. The molecule has 0 aromatic heterocycles. The summed E-state index contributed by atoms with van der Waals surface area (Å²) in [7, 11) is 1.59. The lowest BCUT2D eigenvalue weighted by atomic mass is 10.1. The van der Waals surface area contributed by atoms with Crippen molar-refractivity contribution in [3.05, 3.63) is 57.6 Å². The zero-order valence-electron chi connectivity index (χ0n) is 11.9. The van der Waals surface area contributed by atoms with Gasteiger partial charge in [-0.1, -0.05) is 22.0 Å². The topological polar surface area (TPSA) is 61.5 Å². The minimum absolute atomic E-state index is 0.157. The first-order valence-electron chi connectivity index (χ1n) is 6.37. The maximum atomic E-state index is 12.0. The second-order valence-electron chi connectivity index (χ2n) is 4.60. The Hall–Kier alpha value is -2.01. The highest BCUT2D eigenvalue weighted by Gasteiger charge is 2.10. The van der Waals surface area contributed by atoms with Crippen LogP contribution >= 0.6 is 15.9 Å². The van der Waals surface area contributed by atoms with Crippen LogP contribution in [0, 0.1) is 6.92 Å². The predicted molar refractivity (Wildman–Crippen MR) is 85.4 cm³/mol. The van der Waals surface area contributed by atoms with Crippen LogP contribution in [0.1, 0.15) is 21.5 Å². The molecule has 0 heterocycles. The summed E-state index contributed by atoms with van der Waals surface area (Å²) < 4.78 is 11.3. The number of esters is 1. The van der Waals surface area contributed by atoms with E-state index in [9.17, 15) is 4.79 Å². The van der Waals surface area contributed by atoms with E-state index < -0.39 is 5.97 Å². The van der Waals surface area contributed by atoms with Crippen molar-refractivity contribution in [3.8, 4) is 5.75 Å². The van der Waals surface area contributed by atoms with Gasteiger partial charge in [0.05, 0.1) is 12.7 Å². The zero-order valence-corrected chi connectivity index (χ0v) is 13.4. The number of halogens is 1. The Morgan fingerprint density at radius 2 is 2.00 bits per heavy atom. The summed E-state index contributed by atoms with van der Waals surface area (Å²) in [6, 6.07) is 10.6. The lowest BCUT2D eigenvalue weighted by molar-refractivity contribution is 0.0471. The van der Waals surface area contributed by atoms with E-state index in [1.54, 1.807) is 25.3 Å². The Balaban J connectivity index is 2.08. The van der Waals surface area contributed by atoms with Crippen LogP contribution in [-0.4, -0.2) is 13.1 Å². The third kappa shape index (κ3) is 3.76. The quantitative estimate of drug-likeness (QED) is 0.675. The molecule has 0 amide bonds. The minimum Gasteiger partial charge on any atom is -0.497 e.